The highest BCUT2D eigenvalue weighted by atomic mass is 79.9. The third-order valence-corrected chi connectivity index (χ3v) is 4.48. The second-order valence-electron chi connectivity index (χ2n) is 5.16. The minimum absolute atomic E-state index is 0.555. The highest BCUT2D eigenvalue weighted by molar-refractivity contribution is 9.10. The van der Waals surface area contributed by atoms with Crippen LogP contribution in [0.2, 0.25) is 0 Å². The van der Waals surface area contributed by atoms with E-state index in [-0.39, 0.29) is 0 Å². The molecule has 0 spiro atoms. The van der Waals surface area contributed by atoms with Gasteiger partial charge in [0.05, 0.1) is 32.0 Å². The number of halogens is 1. The summed E-state index contributed by atoms with van der Waals surface area (Å²) in [7, 11) is 0. The maximum Gasteiger partial charge on any atom is 0.187 e. The van der Waals surface area contributed by atoms with Gasteiger partial charge in [-0.15, -0.1) is 0 Å². The monoisotopic (exact) mass is 385 g/mol. The Morgan fingerprint density at radius 3 is 2.82 bits per heavy atom. The van der Waals surface area contributed by atoms with Crippen LogP contribution in [0.5, 0.6) is 0 Å². The van der Waals surface area contributed by atoms with Gasteiger partial charge >= 0.3 is 0 Å². The molecule has 2 rings (SSSR count). The smallest absolute Gasteiger partial charge is 0.187 e. The van der Waals surface area contributed by atoms with E-state index in [1.807, 2.05) is 31.2 Å². The normalized spacial score (nSPS) is 16.4. The van der Waals surface area contributed by atoms with Crippen molar-refractivity contribution in [2.24, 2.45) is 5.10 Å². The van der Waals surface area contributed by atoms with Gasteiger partial charge in [0.2, 0.25) is 0 Å². The highest BCUT2D eigenvalue weighted by Crippen LogP contribution is 2.16. The molecule has 22 heavy (non-hydrogen) atoms. The average Bonchev–Trinajstić information content (AvgIpc) is 2.54. The van der Waals surface area contributed by atoms with Crippen LogP contribution in [0.4, 0.5) is 0 Å². The number of morpholine rings is 1. The summed E-state index contributed by atoms with van der Waals surface area (Å²) in [6.45, 7) is 7.68. The van der Waals surface area contributed by atoms with E-state index >= 15 is 0 Å². The summed E-state index contributed by atoms with van der Waals surface area (Å²) in [6, 6.07) is 7.98. The van der Waals surface area contributed by atoms with Crippen LogP contribution in [0.3, 0.4) is 0 Å². The second kappa shape index (κ2) is 9.19. The maximum atomic E-state index is 5.34. The summed E-state index contributed by atoms with van der Waals surface area (Å²) >= 11 is 8.77. The SMILES string of the molecule is C/C(=N/NC(=S)NCC[NH+]1CCOCC1)c1ccccc1Br. The van der Waals surface area contributed by atoms with E-state index in [1.165, 1.54) is 0 Å². The first kappa shape index (κ1) is 17.3. The molecule has 5 nitrogen and oxygen atoms in total. The van der Waals surface area contributed by atoms with E-state index in [0.717, 1.165) is 55.1 Å². The number of rotatable bonds is 5. The number of ether oxygens (including phenoxy) is 1. The fourth-order valence-electron chi connectivity index (χ4n) is 2.25. The first-order chi connectivity index (χ1) is 10.7. The summed E-state index contributed by atoms with van der Waals surface area (Å²) in [6.07, 6.45) is 0. The summed E-state index contributed by atoms with van der Waals surface area (Å²) in [5.41, 5.74) is 4.84. The van der Waals surface area contributed by atoms with Crippen LogP contribution in [-0.2, 0) is 4.74 Å². The molecule has 1 aliphatic rings. The van der Waals surface area contributed by atoms with Crippen molar-refractivity contribution < 1.29 is 9.64 Å². The van der Waals surface area contributed by atoms with Crippen molar-refractivity contribution >= 4 is 39.0 Å². The Balaban J connectivity index is 1.72. The number of hydrazone groups is 1. The molecule has 0 aromatic heterocycles. The van der Waals surface area contributed by atoms with Gasteiger partial charge in [0.1, 0.15) is 13.1 Å². The van der Waals surface area contributed by atoms with Gasteiger partial charge in [0.15, 0.2) is 5.11 Å². The van der Waals surface area contributed by atoms with E-state index in [4.69, 9.17) is 17.0 Å². The van der Waals surface area contributed by atoms with Crippen molar-refractivity contribution in [3.05, 3.63) is 34.3 Å². The average molecular weight is 386 g/mol. The molecule has 0 saturated carbocycles. The van der Waals surface area contributed by atoms with E-state index in [2.05, 4.69) is 31.8 Å². The quantitative estimate of drug-likeness (QED) is 0.393. The number of hydrogen-bond donors (Lipinski definition) is 3. The van der Waals surface area contributed by atoms with Crippen LogP contribution in [0.15, 0.2) is 33.8 Å². The van der Waals surface area contributed by atoms with Crippen molar-refractivity contribution in [1.29, 1.82) is 0 Å². The van der Waals surface area contributed by atoms with Crippen LogP contribution in [0.1, 0.15) is 12.5 Å². The maximum absolute atomic E-state index is 5.34. The van der Waals surface area contributed by atoms with Gasteiger partial charge in [-0.25, -0.2) is 0 Å². The molecule has 1 heterocycles. The van der Waals surface area contributed by atoms with Crippen molar-refractivity contribution in [1.82, 2.24) is 10.7 Å². The lowest BCUT2D eigenvalue weighted by Crippen LogP contribution is -3.14. The Hall–Kier alpha value is -1.02. The lowest BCUT2D eigenvalue weighted by molar-refractivity contribution is -0.906. The molecule has 120 valence electrons. The number of nitrogens with zero attached hydrogens (tertiary/aromatic N) is 1. The molecular weight excluding hydrogens is 364 g/mol. The van der Waals surface area contributed by atoms with Gasteiger partial charge in [-0.1, -0.05) is 34.1 Å². The third kappa shape index (κ3) is 5.64. The van der Waals surface area contributed by atoms with E-state index in [0.29, 0.717) is 5.11 Å². The molecule has 0 atom stereocenters. The van der Waals surface area contributed by atoms with Gasteiger partial charge in [-0.2, -0.15) is 5.10 Å². The Morgan fingerprint density at radius 2 is 2.09 bits per heavy atom. The standard InChI is InChI=1S/C15H21BrN4OS/c1-12(13-4-2-3-5-14(13)16)18-19-15(22)17-6-7-20-8-10-21-11-9-20/h2-5H,6-11H2,1H3,(H2,17,19,22)/p+1/b18-12-. The molecule has 3 N–H and O–H groups in total. The largest absolute Gasteiger partial charge is 0.370 e. The van der Waals surface area contributed by atoms with Crippen LogP contribution in [0.25, 0.3) is 0 Å². The zero-order valence-electron chi connectivity index (χ0n) is 12.7. The molecule has 1 saturated heterocycles. The molecule has 0 unspecified atom stereocenters. The zero-order valence-corrected chi connectivity index (χ0v) is 15.1. The number of benzene rings is 1. The predicted molar refractivity (Wildman–Crippen MR) is 96.5 cm³/mol. The first-order valence-corrected chi connectivity index (χ1v) is 8.61. The van der Waals surface area contributed by atoms with Crippen molar-refractivity contribution in [3.63, 3.8) is 0 Å². The first-order valence-electron chi connectivity index (χ1n) is 7.41. The van der Waals surface area contributed by atoms with E-state index in [9.17, 15) is 0 Å². The van der Waals surface area contributed by atoms with Crippen molar-refractivity contribution in [2.45, 2.75) is 6.92 Å². The lowest BCUT2D eigenvalue weighted by Gasteiger charge is -2.23. The molecule has 1 aromatic rings. The Labute approximate surface area is 145 Å². The molecule has 1 aromatic carbocycles. The molecule has 0 bridgehead atoms. The Morgan fingerprint density at radius 1 is 1.36 bits per heavy atom. The minimum Gasteiger partial charge on any atom is -0.370 e. The minimum atomic E-state index is 0.555. The third-order valence-electron chi connectivity index (χ3n) is 3.55. The van der Waals surface area contributed by atoms with Crippen molar-refractivity contribution in [3.8, 4) is 0 Å². The molecule has 0 radical (unpaired) electrons. The second-order valence-corrected chi connectivity index (χ2v) is 6.42. The van der Waals surface area contributed by atoms with Crippen LogP contribution >= 0.6 is 28.1 Å². The van der Waals surface area contributed by atoms with Gasteiger partial charge < -0.3 is 15.0 Å². The van der Waals surface area contributed by atoms with E-state index in [1.54, 1.807) is 4.90 Å². The zero-order chi connectivity index (χ0) is 15.8. The van der Waals surface area contributed by atoms with Crippen LogP contribution < -0.4 is 15.6 Å². The van der Waals surface area contributed by atoms with Gasteiger partial charge in [-0.3, -0.25) is 5.43 Å². The predicted octanol–water partition coefficient (Wildman–Crippen LogP) is 0.552. The molecular formula is C15H22BrN4OS+. The summed E-state index contributed by atoms with van der Waals surface area (Å²) in [5, 5.41) is 8.07. The van der Waals surface area contributed by atoms with E-state index < -0.39 is 0 Å². The summed E-state index contributed by atoms with van der Waals surface area (Å²) in [5.74, 6) is 0. The van der Waals surface area contributed by atoms with Crippen molar-refractivity contribution in [2.75, 3.05) is 39.4 Å². The highest BCUT2D eigenvalue weighted by Gasteiger charge is 2.12. The van der Waals surface area contributed by atoms with Gasteiger partial charge in [-0.05, 0) is 25.2 Å². The number of quaternary nitrogens is 1. The fraction of sp³-hybridized carbons (Fsp3) is 0.467. The molecule has 1 fully saturated rings. The van der Waals surface area contributed by atoms with Crippen LogP contribution in [-0.4, -0.2) is 50.2 Å². The summed E-state index contributed by atoms with van der Waals surface area (Å²) < 4.78 is 6.36. The summed E-state index contributed by atoms with van der Waals surface area (Å²) in [4.78, 5) is 1.55. The molecule has 1 aliphatic heterocycles. The van der Waals surface area contributed by atoms with Gasteiger partial charge in [0.25, 0.3) is 0 Å². The molecule has 7 heteroatoms. The number of nitrogens with one attached hydrogen (secondary N) is 3. The number of hydrogen-bond acceptors (Lipinski definition) is 3. The Kier molecular flexibility index (Phi) is 7.24. The molecule has 0 aliphatic carbocycles. The van der Waals surface area contributed by atoms with Crippen LogP contribution in [0, 0.1) is 0 Å². The fourth-order valence-corrected chi connectivity index (χ4v) is 2.97. The van der Waals surface area contributed by atoms with Gasteiger partial charge in [0, 0.05) is 10.0 Å². The molecule has 0 amide bonds. The lowest BCUT2D eigenvalue weighted by atomic mass is 10.1. The Bertz CT molecular complexity index is 532. The topological polar surface area (TPSA) is 50.1 Å². The number of thiocarbonyl (C=S) groups is 1.